The highest BCUT2D eigenvalue weighted by molar-refractivity contribution is 5.95. The van der Waals surface area contributed by atoms with Gasteiger partial charge in [-0.1, -0.05) is 6.92 Å². The van der Waals surface area contributed by atoms with Crippen LogP contribution >= 0.6 is 0 Å². The van der Waals surface area contributed by atoms with Crippen molar-refractivity contribution in [3.63, 3.8) is 0 Å². The zero-order valence-corrected chi connectivity index (χ0v) is 11.8. The van der Waals surface area contributed by atoms with Gasteiger partial charge >= 0.3 is 6.09 Å². The first-order valence-corrected chi connectivity index (χ1v) is 7.11. The second kappa shape index (κ2) is 5.37. The summed E-state index contributed by atoms with van der Waals surface area (Å²) < 4.78 is 5.05. The lowest BCUT2D eigenvalue weighted by Crippen LogP contribution is -2.25. The maximum absolute atomic E-state index is 11.8. The summed E-state index contributed by atoms with van der Waals surface area (Å²) in [6.07, 6.45) is 0.651. The number of aryl methyl sites for hydroxylation is 1. The number of hydrogen-bond acceptors (Lipinski definition) is 4. The first-order chi connectivity index (χ1) is 10.1. The Morgan fingerprint density at radius 3 is 2.95 bits per heavy atom. The van der Waals surface area contributed by atoms with E-state index in [0.29, 0.717) is 6.54 Å². The molecule has 0 bridgehead atoms. The molecule has 2 aliphatic rings. The number of fused-ring (bicyclic) bond motifs is 1. The summed E-state index contributed by atoms with van der Waals surface area (Å²) >= 11 is 0. The summed E-state index contributed by atoms with van der Waals surface area (Å²) in [4.78, 5) is 25.1. The van der Waals surface area contributed by atoms with Crippen LogP contribution < -0.4 is 10.2 Å². The number of nitrogens with one attached hydrogen (secondary N) is 1. The van der Waals surface area contributed by atoms with Crippen LogP contribution in [0.3, 0.4) is 0 Å². The Morgan fingerprint density at radius 2 is 2.24 bits per heavy atom. The van der Waals surface area contributed by atoms with Gasteiger partial charge in [-0.05, 0) is 36.6 Å². The van der Waals surface area contributed by atoms with E-state index in [1.54, 1.807) is 6.07 Å². The number of anilines is 2. The van der Waals surface area contributed by atoms with E-state index in [1.807, 2.05) is 19.1 Å². The highest BCUT2D eigenvalue weighted by atomic mass is 16.6. The molecule has 6 nitrogen and oxygen atoms in total. The number of amides is 2. The van der Waals surface area contributed by atoms with Crippen molar-refractivity contribution in [3.8, 4) is 0 Å². The van der Waals surface area contributed by atoms with E-state index in [2.05, 4.69) is 5.32 Å². The SMILES string of the molecule is CC1CCc2cc(N3C[C@H](CO)OC3=O)ccc2NC1=O. The molecule has 2 N–H and O–H groups in total. The standard InChI is InChI=1S/C15H18N2O4/c1-9-2-3-10-6-11(4-5-13(10)16-14(9)19)17-7-12(8-18)21-15(17)20/h4-6,9,12,18H,2-3,7-8H2,1H3,(H,16,19)/t9?,12-/m1/s1. The maximum Gasteiger partial charge on any atom is 0.414 e. The lowest BCUT2D eigenvalue weighted by molar-refractivity contribution is -0.119. The third-order valence-electron chi connectivity index (χ3n) is 4.03. The largest absolute Gasteiger partial charge is 0.441 e. The Labute approximate surface area is 122 Å². The maximum atomic E-state index is 11.8. The van der Waals surface area contributed by atoms with Gasteiger partial charge in [-0.2, -0.15) is 0 Å². The second-order valence-corrected chi connectivity index (χ2v) is 5.57. The van der Waals surface area contributed by atoms with E-state index in [9.17, 15) is 9.59 Å². The molecule has 0 spiro atoms. The molecule has 1 aromatic carbocycles. The average molecular weight is 290 g/mol. The van der Waals surface area contributed by atoms with Gasteiger partial charge in [0.2, 0.25) is 5.91 Å². The lowest BCUT2D eigenvalue weighted by atomic mass is 10.0. The highest BCUT2D eigenvalue weighted by Crippen LogP contribution is 2.30. The van der Waals surface area contributed by atoms with E-state index in [-0.39, 0.29) is 18.4 Å². The fraction of sp³-hybridized carbons (Fsp3) is 0.467. The lowest BCUT2D eigenvalue weighted by Gasteiger charge is -2.15. The van der Waals surface area contributed by atoms with Crippen LogP contribution in [0.1, 0.15) is 18.9 Å². The molecule has 6 heteroatoms. The minimum absolute atomic E-state index is 0.0172. The van der Waals surface area contributed by atoms with Crippen molar-refractivity contribution in [2.24, 2.45) is 5.92 Å². The van der Waals surface area contributed by atoms with E-state index < -0.39 is 12.2 Å². The monoisotopic (exact) mass is 290 g/mol. The van der Waals surface area contributed by atoms with Crippen LogP contribution in [0.2, 0.25) is 0 Å². The van der Waals surface area contributed by atoms with Crippen LogP contribution in [0.5, 0.6) is 0 Å². The number of benzene rings is 1. The number of nitrogens with zero attached hydrogens (tertiary/aromatic N) is 1. The fourth-order valence-electron chi connectivity index (χ4n) is 2.66. The molecular weight excluding hydrogens is 272 g/mol. The van der Waals surface area contributed by atoms with Crippen molar-refractivity contribution in [1.29, 1.82) is 0 Å². The molecule has 0 radical (unpaired) electrons. The van der Waals surface area contributed by atoms with Crippen LogP contribution in [0.15, 0.2) is 18.2 Å². The molecule has 2 amide bonds. The summed E-state index contributed by atoms with van der Waals surface area (Å²) in [5, 5.41) is 12.0. The highest BCUT2D eigenvalue weighted by Gasteiger charge is 2.32. The van der Waals surface area contributed by atoms with Gasteiger partial charge in [0.1, 0.15) is 6.10 Å². The molecule has 2 heterocycles. The van der Waals surface area contributed by atoms with Gasteiger partial charge in [0, 0.05) is 17.3 Å². The topological polar surface area (TPSA) is 78.9 Å². The molecule has 0 aromatic heterocycles. The first kappa shape index (κ1) is 13.9. The minimum Gasteiger partial charge on any atom is -0.441 e. The second-order valence-electron chi connectivity index (χ2n) is 5.57. The molecule has 21 heavy (non-hydrogen) atoms. The quantitative estimate of drug-likeness (QED) is 0.865. The predicted octanol–water partition coefficient (Wildman–Crippen LogP) is 1.52. The van der Waals surface area contributed by atoms with Crippen molar-refractivity contribution >= 4 is 23.4 Å². The van der Waals surface area contributed by atoms with Gasteiger partial charge in [-0.3, -0.25) is 9.69 Å². The summed E-state index contributed by atoms with van der Waals surface area (Å²) in [6, 6.07) is 5.52. The summed E-state index contributed by atoms with van der Waals surface area (Å²) in [6.45, 7) is 2.07. The Kier molecular flexibility index (Phi) is 3.55. The Morgan fingerprint density at radius 1 is 1.43 bits per heavy atom. The molecule has 2 atom stereocenters. The summed E-state index contributed by atoms with van der Waals surface area (Å²) in [7, 11) is 0. The van der Waals surface area contributed by atoms with Gasteiger partial charge in [-0.15, -0.1) is 0 Å². The molecule has 2 aliphatic heterocycles. The van der Waals surface area contributed by atoms with Gasteiger partial charge in [0.05, 0.1) is 13.2 Å². The van der Waals surface area contributed by atoms with Crippen molar-refractivity contribution in [1.82, 2.24) is 0 Å². The molecular formula is C15H18N2O4. The number of aliphatic hydroxyl groups is 1. The molecule has 3 rings (SSSR count). The normalized spacial score (nSPS) is 25.1. The predicted molar refractivity (Wildman–Crippen MR) is 77.3 cm³/mol. The van der Waals surface area contributed by atoms with E-state index in [4.69, 9.17) is 9.84 Å². The van der Waals surface area contributed by atoms with Gasteiger partial charge < -0.3 is 15.2 Å². The number of ether oxygens (including phenoxy) is 1. The molecule has 1 unspecified atom stereocenters. The third-order valence-corrected chi connectivity index (χ3v) is 4.03. The van der Waals surface area contributed by atoms with Crippen molar-refractivity contribution in [2.45, 2.75) is 25.9 Å². The third kappa shape index (κ3) is 2.58. The number of rotatable bonds is 2. The van der Waals surface area contributed by atoms with Crippen molar-refractivity contribution in [3.05, 3.63) is 23.8 Å². The first-order valence-electron chi connectivity index (χ1n) is 7.11. The number of aliphatic hydroxyl groups excluding tert-OH is 1. The van der Waals surface area contributed by atoms with E-state index in [1.165, 1.54) is 4.90 Å². The van der Waals surface area contributed by atoms with Crippen LogP contribution in [0, 0.1) is 5.92 Å². The molecule has 0 saturated carbocycles. The fourth-order valence-corrected chi connectivity index (χ4v) is 2.66. The van der Waals surface area contributed by atoms with Crippen LogP contribution in [-0.2, 0) is 16.0 Å². The molecule has 1 saturated heterocycles. The van der Waals surface area contributed by atoms with Gasteiger partial charge in [-0.25, -0.2) is 4.79 Å². The molecule has 0 aliphatic carbocycles. The van der Waals surface area contributed by atoms with Crippen LogP contribution in [-0.4, -0.2) is 36.4 Å². The van der Waals surface area contributed by atoms with Crippen molar-refractivity contribution < 1.29 is 19.4 Å². The van der Waals surface area contributed by atoms with Crippen LogP contribution in [0.4, 0.5) is 16.2 Å². The Balaban J connectivity index is 1.87. The number of hydrogen-bond donors (Lipinski definition) is 2. The molecule has 1 aromatic rings. The molecule has 112 valence electrons. The zero-order valence-electron chi connectivity index (χ0n) is 11.8. The van der Waals surface area contributed by atoms with Gasteiger partial charge in [0.25, 0.3) is 0 Å². The Hall–Kier alpha value is -2.08. The Bertz CT molecular complexity index is 587. The van der Waals surface area contributed by atoms with E-state index >= 15 is 0 Å². The van der Waals surface area contributed by atoms with Crippen molar-refractivity contribution in [2.75, 3.05) is 23.4 Å². The molecule has 1 fully saturated rings. The summed E-state index contributed by atoms with van der Waals surface area (Å²) in [5.74, 6) is 0.0128. The minimum atomic E-state index is -0.476. The number of cyclic esters (lactones) is 1. The smallest absolute Gasteiger partial charge is 0.414 e. The zero-order chi connectivity index (χ0) is 15.0. The number of carbonyl (C=O) groups is 2. The van der Waals surface area contributed by atoms with E-state index in [0.717, 1.165) is 29.8 Å². The van der Waals surface area contributed by atoms with Gasteiger partial charge in [0.15, 0.2) is 0 Å². The van der Waals surface area contributed by atoms with Crippen LogP contribution in [0.25, 0.3) is 0 Å². The summed E-state index contributed by atoms with van der Waals surface area (Å²) in [5.41, 5.74) is 2.56. The number of carbonyl (C=O) groups excluding carboxylic acids is 2. The average Bonchev–Trinajstić information content (AvgIpc) is 2.80.